The molecule has 0 amide bonds. The van der Waals surface area contributed by atoms with Gasteiger partial charge in [0.15, 0.2) is 15.8 Å². The van der Waals surface area contributed by atoms with E-state index in [4.69, 9.17) is 0 Å². The van der Waals surface area contributed by atoms with Crippen LogP contribution in [0.1, 0.15) is 39.7 Å². The number of aromatic nitrogens is 2. The number of benzene rings is 1. The highest BCUT2D eigenvalue weighted by Crippen LogP contribution is 2.23. The molecule has 0 saturated heterocycles. The van der Waals surface area contributed by atoms with Crippen LogP contribution < -0.4 is 10.6 Å². The average Bonchev–Trinajstić information content (AvgIpc) is 3.18. The predicted molar refractivity (Wildman–Crippen MR) is 133 cm³/mol. The number of sulfone groups is 1. The fraction of sp³-hybridized carbons (Fsp3) is 0.524. The third-order valence-corrected chi connectivity index (χ3v) is 6.19. The second kappa shape index (κ2) is 12.3. The van der Waals surface area contributed by atoms with Crippen molar-refractivity contribution in [3.63, 3.8) is 0 Å². The quantitative estimate of drug-likeness (QED) is 0.218. The van der Waals surface area contributed by atoms with Gasteiger partial charge in [-0.05, 0) is 42.5 Å². The van der Waals surface area contributed by atoms with E-state index in [1.165, 1.54) is 0 Å². The van der Waals surface area contributed by atoms with E-state index in [0.29, 0.717) is 30.5 Å². The number of halogens is 1. The highest BCUT2D eigenvalue weighted by molar-refractivity contribution is 14.0. The molecule has 0 spiro atoms. The van der Waals surface area contributed by atoms with Gasteiger partial charge in [0.1, 0.15) is 0 Å². The summed E-state index contributed by atoms with van der Waals surface area (Å²) < 4.78 is 27.1. The first-order valence-corrected chi connectivity index (χ1v) is 11.7. The molecule has 1 aromatic carbocycles. The van der Waals surface area contributed by atoms with Gasteiger partial charge in [-0.15, -0.1) is 24.0 Å². The van der Waals surface area contributed by atoms with Crippen molar-refractivity contribution in [2.24, 2.45) is 4.99 Å². The lowest BCUT2D eigenvalue weighted by molar-refractivity contribution is 0.583. The molecule has 2 aromatic rings. The number of hydrogen-bond donors (Lipinski definition) is 2. The van der Waals surface area contributed by atoms with Crippen LogP contribution in [0.15, 0.2) is 52.6 Å². The van der Waals surface area contributed by atoms with Crippen LogP contribution in [0.2, 0.25) is 0 Å². The smallest absolute Gasteiger partial charge is 0.191 e. The van der Waals surface area contributed by atoms with Gasteiger partial charge >= 0.3 is 0 Å². The summed E-state index contributed by atoms with van der Waals surface area (Å²) in [6, 6.07) is 9.08. The van der Waals surface area contributed by atoms with Crippen LogP contribution in [0.3, 0.4) is 0 Å². The van der Waals surface area contributed by atoms with E-state index in [2.05, 4.69) is 41.5 Å². The van der Waals surface area contributed by atoms with Gasteiger partial charge in [-0.25, -0.2) is 8.42 Å². The third kappa shape index (κ3) is 8.63. The maximum absolute atomic E-state index is 12.6. The minimum atomic E-state index is -3.34. The molecule has 0 atom stereocenters. The molecule has 0 aliphatic heterocycles. The second-order valence-corrected chi connectivity index (χ2v) is 10.0. The second-order valence-electron chi connectivity index (χ2n) is 7.90. The van der Waals surface area contributed by atoms with Crippen molar-refractivity contribution in [1.29, 1.82) is 0 Å². The fourth-order valence-electron chi connectivity index (χ4n) is 2.78. The Kier molecular flexibility index (Phi) is 10.8. The first-order chi connectivity index (χ1) is 13.7. The number of aryl methyl sites for hydroxylation is 1. The Morgan fingerprint density at radius 3 is 2.43 bits per heavy atom. The lowest BCUT2D eigenvalue weighted by Gasteiger charge is -2.19. The van der Waals surface area contributed by atoms with E-state index >= 15 is 0 Å². The molecule has 0 saturated carbocycles. The molecular weight excluding hydrogens is 513 g/mol. The third-order valence-electron chi connectivity index (χ3n) is 4.46. The van der Waals surface area contributed by atoms with Crippen LogP contribution in [0.4, 0.5) is 0 Å². The van der Waals surface area contributed by atoms with Crippen LogP contribution >= 0.6 is 24.0 Å². The minimum Gasteiger partial charge on any atom is -0.357 e. The van der Waals surface area contributed by atoms with Crippen LogP contribution in [0, 0.1) is 0 Å². The minimum absolute atomic E-state index is 0. The van der Waals surface area contributed by atoms with Crippen molar-refractivity contribution in [3.05, 3.63) is 48.3 Å². The fourth-order valence-corrected chi connectivity index (χ4v) is 3.94. The van der Waals surface area contributed by atoms with E-state index in [0.717, 1.165) is 18.5 Å². The molecule has 2 N–H and O–H groups in total. The molecule has 0 bridgehead atoms. The van der Waals surface area contributed by atoms with Crippen LogP contribution in [0.5, 0.6) is 0 Å². The standard InChI is InChI=1S/C21H33N5O2S.HI/c1-5-22-20(23-12-6-15-26-16-7-13-25-26)24-14-17-29(27,28)19-10-8-18(9-11-19)21(2,3)4;/h7-11,13,16H,5-6,12,14-15,17H2,1-4H3,(H2,22,23,24);1H. The Morgan fingerprint density at radius 1 is 1.17 bits per heavy atom. The first kappa shape index (κ1) is 26.4. The number of nitrogens with one attached hydrogen (secondary N) is 2. The summed E-state index contributed by atoms with van der Waals surface area (Å²) in [6.45, 7) is 10.8. The van der Waals surface area contributed by atoms with Gasteiger partial charge < -0.3 is 10.6 Å². The van der Waals surface area contributed by atoms with Gasteiger partial charge in [0.2, 0.25) is 0 Å². The van der Waals surface area contributed by atoms with Gasteiger partial charge in [0, 0.05) is 38.6 Å². The zero-order chi connectivity index (χ0) is 21.3. The summed E-state index contributed by atoms with van der Waals surface area (Å²) in [5, 5.41) is 10.4. The molecule has 2 rings (SSSR count). The molecule has 1 heterocycles. The van der Waals surface area contributed by atoms with Crippen molar-refractivity contribution < 1.29 is 8.42 Å². The van der Waals surface area contributed by atoms with E-state index in [1.807, 2.05) is 36.0 Å². The number of aliphatic imine (C=N–C) groups is 1. The van der Waals surface area contributed by atoms with Crippen molar-refractivity contribution >= 4 is 39.8 Å². The lowest BCUT2D eigenvalue weighted by atomic mass is 9.87. The predicted octanol–water partition coefficient (Wildman–Crippen LogP) is 3.22. The molecular formula is C21H34IN5O2S. The monoisotopic (exact) mass is 547 g/mol. The van der Waals surface area contributed by atoms with Crippen molar-refractivity contribution in [2.75, 3.05) is 25.4 Å². The number of guanidine groups is 1. The summed E-state index contributed by atoms with van der Waals surface area (Å²) in [5.74, 6) is 0.644. The number of rotatable bonds is 9. The molecule has 0 fully saturated rings. The van der Waals surface area contributed by atoms with Gasteiger partial charge in [-0.3, -0.25) is 9.67 Å². The molecule has 30 heavy (non-hydrogen) atoms. The Bertz CT molecular complexity index is 873. The zero-order valence-electron chi connectivity index (χ0n) is 18.3. The zero-order valence-corrected chi connectivity index (χ0v) is 21.4. The Balaban J connectivity index is 0.00000450. The van der Waals surface area contributed by atoms with Crippen LogP contribution in [-0.4, -0.2) is 49.5 Å². The summed E-state index contributed by atoms with van der Waals surface area (Å²) in [6.07, 6.45) is 4.54. The molecule has 1 aromatic heterocycles. The van der Waals surface area contributed by atoms with E-state index in [1.54, 1.807) is 18.3 Å². The Hall–Kier alpha value is -1.62. The van der Waals surface area contributed by atoms with Crippen LogP contribution in [-0.2, 0) is 21.8 Å². The van der Waals surface area contributed by atoms with E-state index in [9.17, 15) is 8.42 Å². The lowest BCUT2D eigenvalue weighted by Crippen LogP contribution is -2.39. The number of nitrogens with zero attached hydrogens (tertiary/aromatic N) is 3. The van der Waals surface area contributed by atoms with Crippen molar-refractivity contribution in [3.8, 4) is 0 Å². The normalized spacial score (nSPS) is 12.3. The molecule has 168 valence electrons. The largest absolute Gasteiger partial charge is 0.357 e. The van der Waals surface area contributed by atoms with Crippen molar-refractivity contribution in [2.45, 2.75) is 51.0 Å². The molecule has 0 radical (unpaired) electrons. The van der Waals surface area contributed by atoms with E-state index in [-0.39, 0.29) is 35.1 Å². The SMILES string of the molecule is CCNC(=NCCCn1cccn1)NCCS(=O)(=O)c1ccc(C(C)(C)C)cc1.I. The summed E-state index contributed by atoms with van der Waals surface area (Å²) >= 11 is 0. The maximum atomic E-state index is 12.6. The van der Waals surface area contributed by atoms with Crippen LogP contribution in [0.25, 0.3) is 0 Å². The summed E-state index contributed by atoms with van der Waals surface area (Å²) in [7, 11) is -3.34. The number of hydrogen-bond acceptors (Lipinski definition) is 4. The van der Waals surface area contributed by atoms with E-state index < -0.39 is 9.84 Å². The molecule has 9 heteroatoms. The molecule has 7 nitrogen and oxygen atoms in total. The van der Waals surface area contributed by atoms with Gasteiger partial charge in [-0.2, -0.15) is 5.10 Å². The summed E-state index contributed by atoms with van der Waals surface area (Å²) in [5.41, 5.74) is 1.12. The van der Waals surface area contributed by atoms with Gasteiger partial charge in [-0.1, -0.05) is 32.9 Å². The summed E-state index contributed by atoms with van der Waals surface area (Å²) in [4.78, 5) is 4.86. The molecule has 0 unspecified atom stereocenters. The topological polar surface area (TPSA) is 88.4 Å². The first-order valence-electron chi connectivity index (χ1n) is 10.1. The Labute approximate surface area is 197 Å². The maximum Gasteiger partial charge on any atom is 0.191 e. The molecule has 0 aliphatic carbocycles. The van der Waals surface area contributed by atoms with Gasteiger partial charge in [0.05, 0.1) is 10.6 Å². The highest BCUT2D eigenvalue weighted by Gasteiger charge is 2.17. The molecule has 0 aliphatic rings. The van der Waals surface area contributed by atoms with Crippen molar-refractivity contribution in [1.82, 2.24) is 20.4 Å². The average molecular weight is 548 g/mol. The van der Waals surface area contributed by atoms with Gasteiger partial charge in [0.25, 0.3) is 0 Å². The highest BCUT2D eigenvalue weighted by atomic mass is 127. The Morgan fingerprint density at radius 2 is 1.87 bits per heavy atom.